The van der Waals surface area contributed by atoms with Crippen LogP contribution in [0.25, 0.3) is 0 Å². The zero-order valence-corrected chi connectivity index (χ0v) is 11.4. The van der Waals surface area contributed by atoms with Gasteiger partial charge in [-0.25, -0.2) is 0 Å². The number of anilines is 2. The van der Waals surface area contributed by atoms with Crippen molar-refractivity contribution in [3.8, 4) is 0 Å². The van der Waals surface area contributed by atoms with E-state index in [-0.39, 0.29) is 5.91 Å². The maximum absolute atomic E-state index is 11.4. The van der Waals surface area contributed by atoms with Crippen molar-refractivity contribution in [1.82, 2.24) is 5.32 Å². The number of benzene rings is 1. The van der Waals surface area contributed by atoms with Gasteiger partial charge in [0.05, 0.1) is 0 Å². The predicted octanol–water partition coefficient (Wildman–Crippen LogP) is 1.68. The lowest BCUT2D eigenvalue weighted by molar-refractivity contribution is -0.124. The molecule has 0 radical (unpaired) electrons. The van der Waals surface area contributed by atoms with E-state index < -0.39 is 0 Å². The monoisotopic (exact) mass is 259 g/mol. The number of nitrogens with zero attached hydrogens (tertiary/aromatic N) is 1. The van der Waals surface area contributed by atoms with Crippen molar-refractivity contribution in [3.63, 3.8) is 0 Å². The number of nitrogen functional groups attached to an aromatic ring is 1. The Morgan fingerprint density at radius 3 is 3.00 bits per heavy atom. The van der Waals surface area contributed by atoms with Crippen LogP contribution in [0, 0.1) is 12.8 Å². The third-order valence-electron chi connectivity index (χ3n) is 4.45. The SMILES string of the molecule is Cc1ccc(N2CCC3NC(=O)CCC3C2)cc1N. The molecular weight excluding hydrogens is 238 g/mol. The van der Waals surface area contributed by atoms with E-state index in [2.05, 4.69) is 28.4 Å². The van der Waals surface area contributed by atoms with Crippen LogP contribution in [-0.4, -0.2) is 25.0 Å². The fourth-order valence-corrected chi connectivity index (χ4v) is 3.17. The second kappa shape index (κ2) is 4.76. The Bertz CT molecular complexity index is 500. The van der Waals surface area contributed by atoms with E-state index >= 15 is 0 Å². The maximum Gasteiger partial charge on any atom is 0.220 e. The molecule has 1 aromatic carbocycles. The number of aryl methyl sites for hydroxylation is 1. The molecule has 4 heteroatoms. The molecule has 2 saturated heterocycles. The van der Waals surface area contributed by atoms with Gasteiger partial charge in [0.25, 0.3) is 0 Å². The van der Waals surface area contributed by atoms with Crippen LogP contribution in [0.3, 0.4) is 0 Å². The number of nitrogens with one attached hydrogen (secondary N) is 1. The minimum absolute atomic E-state index is 0.217. The van der Waals surface area contributed by atoms with Crippen LogP contribution in [0.1, 0.15) is 24.8 Å². The van der Waals surface area contributed by atoms with Crippen LogP contribution in [0.2, 0.25) is 0 Å². The molecule has 0 bridgehead atoms. The molecule has 1 amide bonds. The van der Waals surface area contributed by atoms with E-state index in [1.54, 1.807) is 0 Å². The molecule has 0 aromatic heterocycles. The van der Waals surface area contributed by atoms with Crippen molar-refractivity contribution in [1.29, 1.82) is 0 Å². The summed E-state index contributed by atoms with van der Waals surface area (Å²) >= 11 is 0. The van der Waals surface area contributed by atoms with Gasteiger partial charge in [0.15, 0.2) is 0 Å². The molecule has 1 aromatic rings. The Hall–Kier alpha value is -1.71. The van der Waals surface area contributed by atoms with Gasteiger partial charge in [-0.15, -0.1) is 0 Å². The van der Waals surface area contributed by atoms with Crippen LogP contribution < -0.4 is 16.0 Å². The molecule has 2 aliphatic heterocycles. The van der Waals surface area contributed by atoms with E-state index in [9.17, 15) is 4.79 Å². The standard InChI is InChI=1S/C15H21N3O/c1-10-2-4-12(8-13(10)16)18-7-6-14-11(9-18)3-5-15(19)17-14/h2,4,8,11,14H,3,5-7,9,16H2,1H3,(H,17,19). The van der Waals surface area contributed by atoms with Crippen LogP contribution in [-0.2, 0) is 4.79 Å². The van der Waals surface area contributed by atoms with Gasteiger partial charge in [-0.3, -0.25) is 4.79 Å². The lowest BCUT2D eigenvalue weighted by Gasteiger charge is -2.42. The Morgan fingerprint density at radius 1 is 1.37 bits per heavy atom. The van der Waals surface area contributed by atoms with Crippen molar-refractivity contribution in [3.05, 3.63) is 23.8 Å². The number of fused-ring (bicyclic) bond motifs is 1. The van der Waals surface area contributed by atoms with E-state index in [4.69, 9.17) is 5.73 Å². The molecule has 3 N–H and O–H groups in total. The lowest BCUT2D eigenvalue weighted by Crippen LogP contribution is -2.54. The highest BCUT2D eigenvalue weighted by molar-refractivity contribution is 5.77. The first kappa shape index (κ1) is 12.3. The van der Waals surface area contributed by atoms with Crippen molar-refractivity contribution >= 4 is 17.3 Å². The van der Waals surface area contributed by atoms with E-state index in [1.807, 2.05) is 6.92 Å². The summed E-state index contributed by atoms with van der Waals surface area (Å²) in [6.45, 7) is 4.04. The van der Waals surface area contributed by atoms with Crippen molar-refractivity contribution < 1.29 is 4.79 Å². The van der Waals surface area contributed by atoms with Crippen molar-refractivity contribution in [2.45, 2.75) is 32.2 Å². The number of carbonyl (C=O) groups excluding carboxylic acids is 1. The molecule has 102 valence electrons. The Kier molecular flexibility index (Phi) is 3.09. The minimum Gasteiger partial charge on any atom is -0.398 e. The van der Waals surface area contributed by atoms with Crippen molar-refractivity contribution in [2.24, 2.45) is 5.92 Å². The Morgan fingerprint density at radius 2 is 2.21 bits per heavy atom. The first-order valence-corrected chi connectivity index (χ1v) is 7.04. The molecule has 4 nitrogen and oxygen atoms in total. The fraction of sp³-hybridized carbons (Fsp3) is 0.533. The van der Waals surface area contributed by atoms with Crippen LogP contribution >= 0.6 is 0 Å². The third-order valence-corrected chi connectivity index (χ3v) is 4.45. The van der Waals surface area contributed by atoms with Crippen LogP contribution in [0.4, 0.5) is 11.4 Å². The first-order chi connectivity index (χ1) is 9.13. The zero-order valence-electron chi connectivity index (χ0n) is 11.4. The van der Waals surface area contributed by atoms with Gasteiger partial charge < -0.3 is 16.0 Å². The van der Waals surface area contributed by atoms with Gasteiger partial charge >= 0.3 is 0 Å². The largest absolute Gasteiger partial charge is 0.398 e. The summed E-state index contributed by atoms with van der Waals surface area (Å²) in [6.07, 6.45) is 2.71. The smallest absolute Gasteiger partial charge is 0.220 e. The summed E-state index contributed by atoms with van der Waals surface area (Å²) in [7, 11) is 0. The van der Waals surface area contributed by atoms with Crippen molar-refractivity contribution in [2.75, 3.05) is 23.7 Å². The number of hydrogen-bond donors (Lipinski definition) is 2. The Balaban J connectivity index is 1.74. The van der Waals surface area contributed by atoms with Crippen LogP contribution in [0.5, 0.6) is 0 Å². The van der Waals surface area contributed by atoms with E-state index in [1.165, 1.54) is 5.69 Å². The van der Waals surface area contributed by atoms with Crippen LogP contribution in [0.15, 0.2) is 18.2 Å². The van der Waals surface area contributed by atoms with Gasteiger partial charge in [0, 0.05) is 36.9 Å². The summed E-state index contributed by atoms with van der Waals surface area (Å²) < 4.78 is 0. The number of amides is 1. The molecule has 2 fully saturated rings. The summed E-state index contributed by atoms with van der Waals surface area (Å²) in [5.41, 5.74) is 9.19. The number of carbonyl (C=O) groups is 1. The average molecular weight is 259 g/mol. The number of piperidine rings is 2. The molecule has 0 spiro atoms. The van der Waals surface area contributed by atoms with E-state index in [0.717, 1.165) is 37.2 Å². The summed E-state index contributed by atoms with van der Waals surface area (Å²) in [4.78, 5) is 13.8. The number of rotatable bonds is 1. The Labute approximate surface area is 114 Å². The molecule has 2 heterocycles. The molecule has 0 aliphatic carbocycles. The minimum atomic E-state index is 0.217. The maximum atomic E-state index is 11.4. The molecule has 2 aliphatic rings. The summed E-state index contributed by atoms with van der Waals surface area (Å²) in [5, 5.41) is 3.12. The molecule has 2 unspecified atom stereocenters. The number of hydrogen-bond acceptors (Lipinski definition) is 3. The van der Waals surface area contributed by atoms with Gasteiger partial charge in [0.2, 0.25) is 5.91 Å². The predicted molar refractivity (Wildman–Crippen MR) is 77.1 cm³/mol. The van der Waals surface area contributed by atoms with Gasteiger partial charge in [-0.2, -0.15) is 0 Å². The zero-order chi connectivity index (χ0) is 13.4. The highest BCUT2D eigenvalue weighted by Gasteiger charge is 2.33. The van der Waals surface area contributed by atoms with E-state index in [0.29, 0.717) is 18.4 Å². The molecule has 3 rings (SSSR count). The van der Waals surface area contributed by atoms with Gasteiger partial charge in [-0.05, 0) is 43.4 Å². The molecule has 0 saturated carbocycles. The molecule has 19 heavy (non-hydrogen) atoms. The second-order valence-corrected chi connectivity index (χ2v) is 5.75. The molecule has 2 atom stereocenters. The topological polar surface area (TPSA) is 58.4 Å². The highest BCUT2D eigenvalue weighted by atomic mass is 16.1. The summed E-state index contributed by atoms with van der Waals surface area (Å²) in [5.74, 6) is 0.795. The molecular formula is C15H21N3O. The normalized spacial score (nSPS) is 26.8. The second-order valence-electron chi connectivity index (χ2n) is 5.75. The van der Waals surface area contributed by atoms with Gasteiger partial charge in [-0.1, -0.05) is 6.07 Å². The number of nitrogens with two attached hydrogens (primary N) is 1. The lowest BCUT2D eigenvalue weighted by atomic mass is 9.85. The fourth-order valence-electron chi connectivity index (χ4n) is 3.17. The first-order valence-electron chi connectivity index (χ1n) is 7.04. The quantitative estimate of drug-likeness (QED) is 0.754. The van der Waals surface area contributed by atoms with Gasteiger partial charge in [0.1, 0.15) is 0 Å². The third kappa shape index (κ3) is 2.39. The average Bonchev–Trinajstić information content (AvgIpc) is 2.41. The summed E-state index contributed by atoms with van der Waals surface area (Å²) in [6, 6.07) is 6.67. The highest BCUT2D eigenvalue weighted by Crippen LogP contribution is 2.30.